The van der Waals surface area contributed by atoms with E-state index in [4.69, 9.17) is 5.73 Å². The van der Waals surface area contributed by atoms with E-state index in [1.54, 1.807) is 4.90 Å². The third-order valence-corrected chi connectivity index (χ3v) is 5.61. The van der Waals surface area contributed by atoms with Gasteiger partial charge in [-0.25, -0.2) is 0 Å². The van der Waals surface area contributed by atoms with E-state index in [1.165, 1.54) is 0 Å². The molecule has 7 nitrogen and oxygen atoms in total. The van der Waals surface area contributed by atoms with Gasteiger partial charge in [0, 0.05) is 31.7 Å². The van der Waals surface area contributed by atoms with E-state index in [1.807, 2.05) is 40.1 Å². The fourth-order valence-electron chi connectivity index (χ4n) is 4.09. The Kier molecular flexibility index (Phi) is 7.03. The summed E-state index contributed by atoms with van der Waals surface area (Å²) >= 11 is 0. The Morgan fingerprint density at radius 1 is 1.00 bits per heavy atom. The van der Waals surface area contributed by atoms with E-state index in [9.17, 15) is 14.4 Å². The van der Waals surface area contributed by atoms with Gasteiger partial charge in [-0.1, -0.05) is 24.6 Å². The molecule has 2 aliphatic heterocycles. The summed E-state index contributed by atoms with van der Waals surface area (Å²) in [5.41, 5.74) is 6.04. The quantitative estimate of drug-likeness (QED) is 0.767. The molecule has 28 heavy (non-hydrogen) atoms. The lowest BCUT2D eigenvalue weighted by Crippen LogP contribution is -2.53. The van der Waals surface area contributed by atoms with E-state index >= 15 is 0 Å². The lowest BCUT2D eigenvalue weighted by Gasteiger charge is -2.37. The zero-order valence-corrected chi connectivity index (χ0v) is 16.4. The summed E-state index contributed by atoms with van der Waals surface area (Å²) in [5.74, 6) is -0.379. The van der Waals surface area contributed by atoms with Crippen molar-refractivity contribution in [2.45, 2.75) is 44.6 Å². The van der Waals surface area contributed by atoms with Crippen molar-refractivity contribution in [1.29, 1.82) is 0 Å². The Labute approximate surface area is 166 Å². The number of nitrogens with zero attached hydrogens (tertiary/aromatic N) is 3. The molecule has 7 heteroatoms. The molecule has 0 spiro atoms. The van der Waals surface area contributed by atoms with Crippen molar-refractivity contribution in [2.75, 3.05) is 37.6 Å². The minimum absolute atomic E-state index is 0.103. The Balaban J connectivity index is 1.71. The topological polar surface area (TPSA) is 87.0 Å². The van der Waals surface area contributed by atoms with E-state index in [0.29, 0.717) is 0 Å². The highest BCUT2D eigenvalue weighted by Gasteiger charge is 2.34. The highest BCUT2D eigenvalue weighted by Crippen LogP contribution is 2.22. The van der Waals surface area contributed by atoms with Crippen LogP contribution >= 0.6 is 0 Å². The van der Waals surface area contributed by atoms with Crippen molar-refractivity contribution in [3.8, 4) is 0 Å². The molecule has 2 heterocycles. The molecule has 1 unspecified atom stereocenters. The number of benzene rings is 1. The van der Waals surface area contributed by atoms with Gasteiger partial charge in [-0.2, -0.15) is 0 Å². The van der Waals surface area contributed by atoms with Crippen LogP contribution in [-0.2, 0) is 14.4 Å². The van der Waals surface area contributed by atoms with Crippen molar-refractivity contribution in [3.63, 3.8) is 0 Å². The summed E-state index contributed by atoms with van der Waals surface area (Å²) in [4.78, 5) is 42.9. The second kappa shape index (κ2) is 9.68. The smallest absolute Gasteiger partial charge is 0.241 e. The largest absolute Gasteiger partial charge is 0.370 e. The van der Waals surface area contributed by atoms with Crippen molar-refractivity contribution in [3.05, 3.63) is 30.3 Å². The molecule has 2 N–H and O–H groups in total. The van der Waals surface area contributed by atoms with Gasteiger partial charge in [0.2, 0.25) is 17.7 Å². The number of anilines is 1. The van der Waals surface area contributed by atoms with E-state index in [-0.39, 0.29) is 37.4 Å². The first-order valence-electron chi connectivity index (χ1n) is 10.2. The summed E-state index contributed by atoms with van der Waals surface area (Å²) < 4.78 is 0. The first kappa shape index (κ1) is 20.3. The Morgan fingerprint density at radius 3 is 2.36 bits per heavy atom. The molecule has 1 atom stereocenters. The average Bonchev–Trinajstić information content (AvgIpc) is 3.23. The van der Waals surface area contributed by atoms with Crippen LogP contribution in [0.4, 0.5) is 5.69 Å². The number of hydrogen-bond donors (Lipinski definition) is 1. The molecule has 1 aromatic rings. The third kappa shape index (κ3) is 5.10. The average molecular weight is 386 g/mol. The number of rotatable bonds is 7. The normalized spacial score (nSPS) is 20.1. The standard InChI is InChI=1S/C21H30N4O3/c22-19(26)11-15-25(17-8-2-1-3-9-17)20(27)16-24-14-5-4-10-18(24)21(28)23-12-6-7-13-23/h1-3,8-9,18H,4-7,10-16H2,(H2,22,26). The molecule has 0 saturated carbocycles. The van der Waals surface area contributed by atoms with Crippen LogP contribution in [0.3, 0.4) is 0 Å². The fourth-order valence-corrected chi connectivity index (χ4v) is 4.09. The molecule has 0 bridgehead atoms. The Morgan fingerprint density at radius 2 is 1.68 bits per heavy atom. The van der Waals surface area contributed by atoms with Crippen LogP contribution in [0.2, 0.25) is 0 Å². The molecule has 2 fully saturated rings. The molecule has 152 valence electrons. The lowest BCUT2D eigenvalue weighted by atomic mass is 10.0. The van der Waals surface area contributed by atoms with Gasteiger partial charge in [0.1, 0.15) is 0 Å². The maximum absolute atomic E-state index is 13.1. The van der Waals surface area contributed by atoms with Crippen LogP contribution in [-0.4, -0.2) is 66.3 Å². The van der Waals surface area contributed by atoms with Gasteiger partial charge in [0.25, 0.3) is 0 Å². The van der Waals surface area contributed by atoms with E-state index in [2.05, 4.69) is 0 Å². The Bertz CT molecular complexity index is 688. The number of nitrogens with two attached hydrogens (primary N) is 1. The predicted octanol–water partition coefficient (Wildman–Crippen LogP) is 1.37. The molecule has 3 amide bonds. The van der Waals surface area contributed by atoms with E-state index < -0.39 is 5.91 Å². The van der Waals surface area contributed by atoms with Gasteiger partial charge in [-0.3, -0.25) is 19.3 Å². The van der Waals surface area contributed by atoms with Crippen LogP contribution in [0.25, 0.3) is 0 Å². The van der Waals surface area contributed by atoms with Crippen molar-refractivity contribution >= 4 is 23.4 Å². The highest BCUT2D eigenvalue weighted by atomic mass is 16.2. The molecule has 0 aromatic heterocycles. The lowest BCUT2D eigenvalue weighted by molar-refractivity contribution is -0.138. The first-order valence-corrected chi connectivity index (χ1v) is 10.2. The van der Waals surface area contributed by atoms with Crippen molar-refractivity contribution in [1.82, 2.24) is 9.80 Å². The van der Waals surface area contributed by atoms with E-state index in [0.717, 1.165) is 57.4 Å². The van der Waals surface area contributed by atoms with Crippen molar-refractivity contribution < 1.29 is 14.4 Å². The SMILES string of the molecule is NC(=O)CCN(C(=O)CN1CCCCC1C(=O)N1CCCC1)c1ccccc1. The van der Waals surface area contributed by atoms with Crippen molar-refractivity contribution in [2.24, 2.45) is 5.73 Å². The van der Waals surface area contributed by atoms with Crippen LogP contribution in [0.1, 0.15) is 38.5 Å². The molecule has 2 aliphatic rings. The predicted molar refractivity (Wildman–Crippen MR) is 108 cm³/mol. The van der Waals surface area contributed by atoms with Gasteiger partial charge < -0.3 is 15.5 Å². The molecule has 0 aliphatic carbocycles. The molecular weight excluding hydrogens is 356 g/mol. The fraction of sp³-hybridized carbons (Fsp3) is 0.571. The zero-order chi connectivity index (χ0) is 19.9. The second-order valence-electron chi connectivity index (χ2n) is 7.61. The third-order valence-electron chi connectivity index (χ3n) is 5.61. The number of carbonyl (C=O) groups is 3. The summed E-state index contributed by atoms with van der Waals surface area (Å²) in [6.07, 6.45) is 5.04. The highest BCUT2D eigenvalue weighted by molar-refractivity contribution is 5.96. The minimum atomic E-state index is -0.436. The van der Waals surface area contributed by atoms with Crippen LogP contribution in [0.15, 0.2) is 30.3 Å². The summed E-state index contributed by atoms with van der Waals surface area (Å²) in [6, 6.07) is 9.09. The number of carbonyl (C=O) groups excluding carboxylic acids is 3. The second-order valence-corrected chi connectivity index (χ2v) is 7.61. The van der Waals surface area contributed by atoms with Gasteiger partial charge in [0.15, 0.2) is 0 Å². The summed E-state index contributed by atoms with van der Waals surface area (Å²) in [5, 5.41) is 0. The van der Waals surface area contributed by atoms with Crippen LogP contribution in [0.5, 0.6) is 0 Å². The first-order chi connectivity index (χ1) is 13.6. The number of hydrogen-bond acceptors (Lipinski definition) is 4. The maximum atomic E-state index is 13.1. The van der Waals surface area contributed by atoms with Crippen LogP contribution in [0, 0.1) is 0 Å². The molecule has 1 aromatic carbocycles. The summed E-state index contributed by atoms with van der Waals surface area (Å²) in [7, 11) is 0. The zero-order valence-electron chi connectivity index (χ0n) is 16.4. The molecule has 3 rings (SSSR count). The van der Waals surface area contributed by atoms with Crippen LogP contribution < -0.4 is 10.6 Å². The molecule has 2 saturated heterocycles. The number of para-hydroxylation sites is 1. The maximum Gasteiger partial charge on any atom is 0.241 e. The molecule has 0 radical (unpaired) electrons. The number of likely N-dealkylation sites (tertiary alicyclic amines) is 2. The minimum Gasteiger partial charge on any atom is -0.370 e. The monoisotopic (exact) mass is 386 g/mol. The summed E-state index contributed by atoms with van der Waals surface area (Å²) in [6.45, 7) is 2.82. The number of primary amides is 1. The Hall–Kier alpha value is -2.41. The van der Waals surface area contributed by atoms with Gasteiger partial charge in [-0.05, 0) is 44.4 Å². The van der Waals surface area contributed by atoms with Gasteiger partial charge >= 0.3 is 0 Å². The number of piperidine rings is 1. The number of amides is 3. The van der Waals surface area contributed by atoms with Gasteiger partial charge in [-0.15, -0.1) is 0 Å². The molecular formula is C21H30N4O3. The van der Waals surface area contributed by atoms with Gasteiger partial charge in [0.05, 0.1) is 12.6 Å².